The molecule has 0 aromatic heterocycles. The molecule has 1 nitrogen and oxygen atoms in total. The minimum atomic E-state index is 0.542. The highest BCUT2D eigenvalue weighted by atomic mass is 14.9. The Bertz CT molecular complexity index is 343. The van der Waals surface area contributed by atoms with Crippen LogP contribution in [0.15, 0.2) is 18.2 Å². The van der Waals surface area contributed by atoms with Crippen molar-refractivity contribution in [3.63, 3.8) is 0 Å². The fourth-order valence-electron chi connectivity index (χ4n) is 2.85. The van der Waals surface area contributed by atoms with Crippen molar-refractivity contribution >= 4 is 0 Å². The quantitative estimate of drug-likeness (QED) is 0.716. The second-order valence-corrected chi connectivity index (χ2v) is 4.49. The highest BCUT2D eigenvalue weighted by Gasteiger charge is 2.34. The molecular formula is C13H19N. The van der Waals surface area contributed by atoms with E-state index in [4.69, 9.17) is 0 Å². The largest absolute Gasteiger partial charge is 0.313 e. The van der Waals surface area contributed by atoms with Crippen LogP contribution in [0.2, 0.25) is 0 Å². The van der Waals surface area contributed by atoms with Gasteiger partial charge in [-0.3, -0.25) is 0 Å². The molecule has 0 fully saturated rings. The van der Waals surface area contributed by atoms with Gasteiger partial charge in [-0.2, -0.15) is 0 Å². The van der Waals surface area contributed by atoms with E-state index in [9.17, 15) is 0 Å². The molecule has 3 unspecified atom stereocenters. The van der Waals surface area contributed by atoms with E-state index in [1.807, 2.05) is 0 Å². The summed E-state index contributed by atoms with van der Waals surface area (Å²) in [5, 5.41) is 3.43. The number of fused-ring (bicyclic) bond motifs is 1. The number of nitrogens with one attached hydrogen (secondary N) is 1. The summed E-state index contributed by atoms with van der Waals surface area (Å²) < 4.78 is 0. The van der Waals surface area contributed by atoms with E-state index in [2.05, 4.69) is 51.3 Å². The SMILES string of the molecule is CNC1c2cccc(C)c2C(C)C1C. The van der Waals surface area contributed by atoms with Gasteiger partial charge < -0.3 is 5.32 Å². The maximum Gasteiger partial charge on any atom is 0.0352 e. The molecule has 0 saturated heterocycles. The predicted octanol–water partition coefficient (Wildman–Crippen LogP) is 3.01. The summed E-state index contributed by atoms with van der Waals surface area (Å²) in [7, 11) is 2.06. The van der Waals surface area contributed by atoms with Crippen molar-refractivity contribution in [2.24, 2.45) is 5.92 Å². The summed E-state index contributed by atoms with van der Waals surface area (Å²) in [6.45, 7) is 6.90. The van der Waals surface area contributed by atoms with Gasteiger partial charge in [-0.25, -0.2) is 0 Å². The fourth-order valence-corrected chi connectivity index (χ4v) is 2.85. The van der Waals surface area contributed by atoms with Gasteiger partial charge in [0.05, 0.1) is 0 Å². The molecule has 0 amide bonds. The molecule has 0 heterocycles. The van der Waals surface area contributed by atoms with Gasteiger partial charge in [0.1, 0.15) is 0 Å². The van der Waals surface area contributed by atoms with Crippen molar-refractivity contribution in [3.8, 4) is 0 Å². The van der Waals surface area contributed by atoms with Gasteiger partial charge >= 0.3 is 0 Å². The number of benzene rings is 1. The zero-order valence-electron chi connectivity index (χ0n) is 9.46. The highest BCUT2D eigenvalue weighted by Crippen LogP contribution is 2.45. The lowest BCUT2D eigenvalue weighted by Gasteiger charge is -2.17. The molecule has 76 valence electrons. The third kappa shape index (κ3) is 1.19. The third-order valence-corrected chi connectivity index (χ3v) is 3.77. The van der Waals surface area contributed by atoms with E-state index in [0.29, 0.717) is 17.9 Å². The standard InChI is InChI=1S/C13H19N/c1-8-6-5-7-11-12(8)9(2)10(3)13(11)14-4/h5-7,9-10,13-14H,1-4H3. The smallest absolute Gasteiger partial charge is 0.0352 e. The fraction of sp³-hybridized carbons (Fsp3) is 0.538. The zero-order chi connectivity index (χ0) is 10.3. The lowest BCUT2D eigenvalue weighted by molar-refractivity contribution is 0.401. The van der Waals surface area contributed by atoms with E-state index in [1.54, 1.807) is 5.56 Å². The maximum absolute atomic E-state index is 3.43. The molecule has 0 saturated carbocycles. The molecular weight excluding hydrogens is 170 g/mol. The molecule has 0 bridgehead atoms. The summed E-state index contributed by atoms with van der Waals surface area (Å²) in [4.78, 5) is 0. The maximum atomic E-state index is 3.43. The summed E-state index contributed by atoms with van der Waals surface area (Å²) in [5.41, 5.74) is 4.52. The van der Waals surface area contributed by atoms with Gasteiger partial charge in [-0.15, -0.1) is 0 Å². The number of rotatable bonds is 1. The first-order valence-electron chi connectivity index (χ1n) is 5.43. The molecule has 1 aromatic rings. The van der Waals surface area contributed by atoms with Gasteiger partial charge in [0, 0.05) is 6.04 Å². The van der Waals surface area contributed by atoms with Gasteiger partial charge in [0.2, 0.25) is 0 Å². The molecule has 3 atom stereocenters. The Morgan fingerprint density at radius 3 is 2.57 bits per heavy atom. The molecule has 1 heteroatoms. The van der Waals surface area contributed by atoms with Crippen LogP contribution >= 0.6 is 0 Å². The van der Waals surface area contributed by atoms with Crippen LogP contribution in [0.4, 0.5) is 0 Å². The second kappa shape index (κ2) is 3.39. The Morgan fingerprint density at radius 1 is 1.21 bits per heavy atom. The van der Waals surface area contributed by atoms with Crippen LogP contribution in [0.25, 0.3) is 0 Å². The lowest BCUT2D eigenvalue weighted by Crippen LogP contribution is -2.20. The van der Waals surface area contributed by atoms with Gasteiger partial charge in [-0.1, -0.05) is 32.0 Å². The van der Waals surface area contributed by atoms with Crippen molar-refractivity contribution in [1.82, 2.24) is 5.32 Å². The molecule has 1 aromatic carbocycles. The first-order chi connectivity index (χ1) is 6.66. The molecule has 0 radical (unpaired) electrons. The van der Waals surface area contributed by atoms with Crippen LogP contribution in [0.3, 0.4) is 0 Å². The van der Waals surface area contributed by atoms with E-state index in [1.165, 1.54) is 11.1 Å². The molecule has 14 heavy (non-hydrogen) atoms. The predicted molar refractivity (Wildman–Crippen MR) is 60.6 cm³/mol. The van der Waals surface area contributed by atoms with Crippen LogP contribution in [0.5, 0.6) is 0 Å². The van der Waals surface area contributed by atoms with E-state index in [0.717, 1.165) is 0 Å². The molecule has 2 rings (SSSR count). The number of hydrogen-bond donors (Lipinski definition) is 1. The first kappa shape index (κ1) is 9.72. The summed E-state index contributed by atoms with van der Waals surface area (Å²) in [5.74, 6) is 1.39. The van der Waals surface area contributed by atoms with Crippen molar-refractivity contribution in [2.75, 3.05) is 7.05 Å². The van der Waals surface area contributed by atoms with Crippen LogP contribution in [-0.2, 0) is 0 Å². The van der Waals surface area contributed by atoms with Gasteiger partial charge in [-0.05, 0) is 42.5 Å². The van der Waals surface area contributed by atoms with Crippen molar-refractivity contribution in [2.45, 2.75) is 32.7 Å². The highest BCUT2D eigenvalue weighted by molar-refractivity contribution is 5.44. The molecule has 0 aliphatic heterocycles. The summed E-state index contributed by atoms with van der Waals surface area (Å²) in [6.07, 6.45) is 0. The van der Waals surface area contributed by atoms with Crippen LogP contribution in [0.1, 0.15) is 42.5 Å². The lowest BCUT2D eigenvalue weighted by atomic mass is 9.93. The Balaban J connectivity index is 2.55. The van der Waals surface area contributed by atoms with Crippen molar-refractivity contribution in [1.29, 1.82) is 0 Å². The van der Waals surface area contributed by atoms with E-state index < -0.39 is 0 Å². The van der Waals surface area contributed by atoms with Crippen LogP contribution in [0, 0.1) is 12.8 Å². The van der Waals surface area contributed by atoms with Gasteiger partial charge in [0.25, 0.3) is 0 Å². The minimum Gasteiger partial charge on any atom is -0.313 e. The van der Waals surface area contributed by atoms with Crippen molar-refractivity contribution < 1.29 is 0 Å². The molecule has 1 aliphatic carbocycles. The Hall–Kier alpha value is -0.820. The first-order valence-corrected chi connectivity index (χ1v) is 5.43. The number of hydrogen-bond acceptors (Lipinski definition) is 1. The van der Waals surface area contributed by atoms with E-state index >= 15 is 0 Å². The molecule has 0 spiro atoms. The normalized spacial score (nSPS) is 30.4. The zero-order valence-corrected chi connectivity index (χ0v) is 9.46. The summed E-state index contributed by atoms with van der Waals surface area (Å²) in [6, 6.07) is 7.20. The Kier molecular flexibility index (Phi) is 2.36. The molecule has 1 N–H and O–H groups in total. The topological polar surface area (TPSA) is 12.0 Å². The second-order valence-electron chi connectivity index (χ2n) is 4.49. The molecule has 1 aliphatic rings. The average Bonchev–Trinajstić information content (AvgIpc) is 2.41. The van der Waals surface area contributed by atoms with Crippen LogP contribution in [-0.4, -0.2) is 7.05 Å². The van der Waals surface area contributed by atoms with Crippen LogP contribution < -0.4 is 5.32 Å². The number of aryl methyl sites for hydroxylation is 1. The van der Waals surface area contributed by atoms with Crippen molar-refractivity contribution in [3.05, 3.63) is 34.9 Å². The Morgan fingerprint density at radius 2 is 1.93 bits per heavy atom. The van der Waals surface area contributed by atoms with E-state index in [-0.39, 0.29) is 0 Å². The minimum absolute atomic E-state index is 0.542. The summed E-state index contributed by atoms with van der Waals surface area (Å²) >= 11 is 0. The third-order valence-electron chi connectivity index (χ3n) is 3.77. The monoisotopic (exact) mass is 189 g/mol. The Labute approximate surface area is 86.5 Å². The average molecular weight is 189 g/mol. The van der Waals surface area contributed by atoms with Gasteiger partial charge in [0.15, 0.2) is 0 Å².